The molecular weight excluding hydrogens is 397 g/mol. The van der Waals surface area contributed by atoms with Crippen molar-refractivity contribution in [1.82, 2.24) is 23.9 Å². The van der Waals surface area contributed by atoms with E-state index in [1.165, 1.54) is 23.3 Å². The maximum atomic E-state index is 13.3. The Balaban J connectivity index is 1.54. The van der Waals surface area contributed by atoms with Crippen LogP contribution < -0.4 is 0 Å². The number of aromatic nitrogens is 4. The van der Waals surface area contributed by atoms with Crippen LogP contribution in [0.2, 0.25) is 0 Å². The maximum absolute atomic E-state index is 13.3. The summed E-state index contributed by atoms with van der Waals surface area (Å²) in [6.07, 6.45) is 6.88. The van der Waals surface area contributed by atoms with Gasteiger partial charge in [-0.15, -0.1) is 0 Å². The van der Waals surface area contributed by atoms with Crippen LogP contribution in [0.3, 0.4) is 0 Å². The Morgan fingerprint density at radius 3 is 2.60 bits per heavy atom. The van der Waals surface area contributed by atoms with Gasteiger partial charge in [-0.05, 0) is 71.8 Å². The summed E-state index contributed by atoms with van der Waals surface area (Å²) in [7, 11) is 1.95. The first-order valence-electron chi connectivity index (χ1n) is 10.2. The van der Waals surface area contributed by atoms with Crippen molar-refractivity contribution in [2.45, 2.75) is 31.2 Å². The Labute approximate surface area is 179 Å². The zero-order valence-corrected chi connectivity index (χ0v) is 18.1. The fourth-order valence-corrected chi connectivity index (χ4v) is 5.53. The Morgan fingerprint density at radius 1 is 1.10 bits per heavy atom. The van der Waals surface area contributed by atoms with Crippen molar-refractivity contribution in [3.8, 4) is 5.69 Å². The third kappa shape index (κ3) is 3.42. The monoisotopic (exact) mass is 421 g/mol. The minimum absolute atomic E-state index is 0.237. The molecule has 1 unspecified atom stereocenters. The summed E-state index contributed by atoms with van der Waals surface area (Å²) in [4.78, 5) is 1.16. The molecule has 154 valence electrons. The number of rotatable bonds is 4. The average molecular weight is 422 g/mol. The van der Waals surface area contributed by atoms with Gasteiger partial charge in [0.1, 0.15) is 5.82 Å². The van der Waals surface area contributed by atoms with E-state index in [0.717, 1.165) is 34.5 Å². The second-order valence-electron chi connectivity index (χ2n) is 8.16. The third-order valence-electron chi connectivity index (χ3n) is 5.67. The van der Waals surface area contributed by atoms with E-state index in [-0.39, 0.29) is 5.82 Å². The highest BCUT2D eigenvalue weighted by atomic mass is 32.2. The van der Waals surface area contributed by atoms with Crippen LogP contribution in [0, 0.1) is 11.7 Å². The lowest BCUT2D eigenvalue weighted by Gasteiger charge is -2.38. The quantitative estimate of drug-likeness (QED) is 0.427. The van der Waals surface area contributed by atoms with Gasteiger partial charge >= 0.3 is 0 Å². The number of halogens is 1. The molecule has 0 aliphatic carbocycles. The molecule has 0 fully saturated rings. The summed E-state index contributed by atoms with van der Waals surface area (Å²) in [6.45, 7) is 5.54. The van der Waals surface area contributed by atoms with Gasteiger partial charge in [0.15, 0.2) is 0 Å². The molecule has 1 aliphatic heterocycles. The van der Waals surface area contributed by atoms with Crippen LogP contribution >= 0.6 is 11.9 Å². The molecule has 7 heteroatoms. The normalized spacial score (nSPS) is 17.0. The van der Waals surface area contributed by atoms with E-state index in [1.54, 1.807) is 24.1 Å². The summed E-state index contributed by atoms with van der Waals surface area (Å²) in [5, 5.41) is 10.0. The van der Waals surface area contributed by atoms with Gasteiger partial charge in [0.2, 0.25) is 0 Å². The Morgan fingerprint density at radius 2 is 1.90 bits per heavy atom. The molecule has 1 aliphatic rings. The van der Waals surface area contributed by atoms with Gasteiger partial charge in [-0.25, -0.2) is 13.4 Å². The molecular formula is C23H24FN5S. The summed E-state index contributed by atoms with van der Waals surface area (Å²) in [6, 6.07) is 11.4. The van der Waals surface area contributed by atoms with Gasteiger partial charge in [0.05, 0.1) is 28.5 Å². The standard InChI is InChI=1S/C23H24FN5S/c1-15(2)23-21-10-17-12-26-29(19-6-4-18(24)5-7-19)22(17)11-16(21)8-9-28(23)30-20-13-25-27(3)14-20/h4-7,10-15,23H,8-9H2,1-3H3. The molecule has 4 aromatic rings. The zero-order chi connectivity index (χ0) is 20.8. The molecule has 5 nitrogen and oxygen atoms in total. The number of nitrogens with zero attached hydrogens (tertiary/aromatic N) is 5. The van der Waals surface area contributed by atoms with Crippen LogP contribution in [0.25, 0.3) is 16.6 Å². The summed E-state index contributed by atoms with van der Waals surface area (Å²) in [5.41, 5.74) is 4.68. The molecule has 2 aromatic heterocycles. The number of hydrogen-bond donors (Lipinski definition) is 0. The van der Waals surface area contributed by atoms with Crippen LogP contribution in [0.4, 0.5) is 4.39 Å². The SMILES string of the molecule is CC(C)C1c2cc3cnn(-c4ccc(F)cc4)c3cc2CCN1Sc1cnn(C)c1. The van der Waals surface area contributed by atoms with Gasteiger partial charge in [-0.1, -0.05) is 13.8 Å². The Kier molecular flexibility index (Phi) is 4.87. The van der Waals surface area contributed by atoms with E-state index in [9.17, 15) is 4.39 Å². The number of benzene rings is 2. The van der Waals surface area contributed by atoms with E-state index < -0.39 is 0 Å². The van der Waals surface area contributed by atoms with Crippen LogP contribution in [-0.2, 0) is 13.5 Å². The highest BCUT2D eigenvalue weighted by molar-refractivity contribution is 7.97. The summed E-state index contributed by atoms with van der Waals surface area (Å²) >= 11 is 1.79. The fourth-order valence-electron chi connectivity index (χ4n) is 4.31. The van der Waals surface area contributed by atoms with Crippen molar-refractivity contribution in [2.24, 2.45) is 13.0 Å². The van der Waals surface area contributed by atoms with Gasteiger partial charge in [-0.2, -0.15) is 10.2 Å². The molecule has 0 bridgehead atoms. The second-order valence-corrected chi connectivity index (χ2v) is 9.29. The first-order chi connectivity index (χ1) is 14.5. The van der Waals surface area contributed by atoms with Gasteiger partial charge in [0, 0.05) is 31.2 Å². The van der Waals surface area contributed by atoms with Gasteiger partial charge in [0.25, 0.3) is 0 Å². The molecule has 1 atom stereocenters. The molecule has 3 heterocycles. The Hall–Kier alpha value is -2.64. The van der Waals surface area contributed by atoms with E-state index >= 15 is 0 Å². The van der Waals surface area contributed by atoms with Crippen LogP contribution in [-0.4, -0.2) is 30.4 Å². The molecule has 30 heavy (non-hydrogen) atoms. The van der Waals surface area contributed by atoms with Crippen LogP contribution in [0.15, 0.2) is 59.9 Å². The molecule has 0 spiro atoms. The lowest BCUT2D eigenvalue weighted by atomic mass is 9.87. The minimum Gasteiger partial charge on any atom is -0.275 e. The second kappa shape index (κ2) is 7.56. The van der Waals surface area contributed by atoms with Crippen molar-refractivity contribution in [1.29, 1.82) is 0 Å². The lowest BCUT2D eigenvalue weighted by molar-refractivity contribution is 0.270. The molecule has 0 radical (unpaired) electrons. The number of fused-ring (bicyclic) bond motifs is 2. The third-order valence-corrected chi connectivity index (χ3v) is 6.73. The van der Waals surface area contributed by atoms with E-state index in [2.05, 4.69) is 46.7 Å². The Bertz CT molecular complexity index is 1190. The summed E-state index contributed by atoms with van der Waals surface area (Å²) < 4.78 is 19.6. The van der Waals surface area contributed by atoms with Gasteiger partial charge in [-0.3, -0.25) is 4.68 Å². The minimum atomic E-state index is -0.237. The van der Waals surface area contributed by atoms with Crippen molar-refractivity contribution in [3.63, 3.8) is 0 Å². The van der Waals surface area contributed by atoms with Crippen molar-refractivity contribution in [3.05, 3.63) is 71.9 Å². The van der Waals surface area contributed by atoms with Crippen molar-refractivity contribution >= 4 is 22.9 Å². The predicted molar refractivity (Wildman–Crippen MR) is 118 cm³/mol. The largest absolute Gasteiger partial charge is 0.275 e. The van der Waals surface area contributed by atoms with Crippen molar-refractivity contribution in [2.75, 3.05) is 6.54 Å². The summed E-state index contributed by atoms with van der Waals surface area (Å²) in [5.74, 6) is 0.233. The highest BCUT2D eigenvalue weighted by Crippen LogP contribution is 2.42. The lowest BCUT2D eigenvalue weighted by Crippen LogP contribution is -2.33. The predicted octanol–water partition coefficient (Wildman–Crippen LogP) is 5.16. The molecule has 0 N–H and O–H groups in total. The van der Waals surface area contributed by atoms with E-state index in [4.69, 9.17) is 0 Å². The van der Waals surface area contributed by atoms with Gasteiger partial charge < -0.3 is 0 Å². The van der Waals surface area contributed by atoms with Crippen molar-refractivity contribution < 1.29 is 4.39 Å². The molecule has 5 rings (SSSR count). The average Bonchev–Trinajstić information content (AvgIpc) is 3.32. The molecule has 0 saturated carbocycles. The topological polar surface area (TPSA) is 38.9 Å². The molecule has 0 amide bonds. The first-order valence-corrected chi connectivity index (χ1v) is 11.0. The molecule has 0 saturated heterocycles. The zero-order valence-electron chi connectivity index (χ0n) is 17.3. The van der Waals surface area contributed by atoms with Crippen LogP contribution in [0.1, 0.15) is 31.0 Å². The van der Waals surface area contributed by atoms with E-state index in [1.807, 2.05) is 28.8 Å². The molecule has 2 aromatic carbocycles. The number of hydrogen-bond acceptors (Lipinski definition) is 4. The fraction of sp³-hybridized carbons (Fsp3) is 0.304. The highest BCUT2D eigenvalue weighted by Gasteiger charge is 2.31. The first kappa shape index (κ1) is 19.3. The maximum Gasteiger partial charge on any atom is 0.123 e. The van der Waals surface area contributed by atoms with Crippen LogP contribution in [0.5, 0.6) is 0 Å². The number of aryl methyl sites for hydroxylation is 1. The van der Waals surface area contributed by atoms with E-state index in [0.29, 0.717) is 12.0 Å². The smallest absolute Gasteiger partial charge is 0.123 e.